The van der Waals surface area contributed by atoms with Gasteiger partial charge in [0.2, 0.25) is 0 Å². The highest BCUT2D eigenvalue weighted by Crippen LogP contribution is 2.35. The van der Waals surface area contributed by atoms with Crippen LogP contribution in [0.1, 0.15) is 42.4 Å². The summed E-state index contributed by atoms with van der Waals surface area (Å²) in [5, 5.41) is 12.1. The van der Waals surface area contributed by atoms with E-state index in [1.807, 2.05) is 48.2 Å². The van der Waals surface area contributed by atoms with Gasteiger partial charge in [-0.05, 0) is 43.2 Å². The number of nitrogens with zero attached hydrogens (tertiary/aromatic N) is 1. The average Bonchev–Trinajstić information content (AvgIpc) is 2.66. The number of ether oxygens (including phenoxy) is 1. The molecule has 0 aliphatic carbocycles. The van der Waals surface area contributed by atoms with Crippen LogP contribution in [0.4, 0.5) is 5.69 Å². The highest BCUT2D eigenvalue weighted by Gasteiger charge is 2.35. The Kier molecular flexibility index (Phi) is 5.11. The molecule has 136 valence electrons. The van der Waals surface area contributed by atoms with E-state index in [0.29, 0.717) is 11.3 Å². The van der Waals surface area contributed by atoms with E-state index in [-0.39, 0.29) is 24.7 Å². The van der Waals surface area contributed by atoms with Crippen molar-refractivity contribution in [3.05, 3.63) is 59.7 Å². The number of benzene rings is 2. The number of carbonyl (C=O) groups excluding carboxylic acids is 1. The largest absolute Gasteiger partial charge is 0.482 e. The van der Waals surface area contributed by atoms with Gasteiger partial charge in [-0.15, -0.1) is 0 Å². The lowest BCUT2D eigenvalue weighted by Gasteiger charge is -2.41. The molecule has 0 saturated heterocycles. The summed E-state index contributed by atoms with van der Waals surface area (Å²) in [5.41, 5.74) is 2.40. The Hall–Kier alpha value is -3.02. The molecule has 1 heterocycles. The molecule has 0 unspecified atom stereocenters. The molecule has 2 aromatic rings. The van der Waals surface area contributed by atoms with E-state index >= 15 is 0 Å². The van der Waals surface area contributed by atoms with Gasteiger partial charge < -0.3 is 20.1 Å². The van der Waals surface area contributed by atoms with Gasteiger partial charge in [0.05, 0.1) is 5.56 Å². The minimum atomic E-state index is -1.02. The summed E-state index contributed by atoms with van der Waals surface area (Å²) >= 11 is 0. The molecule has 2 atom stereocenters. The van der Waals surface area contributed by atoms with Crippen LogP contribution in [0.5, 0.6) is 5.75 Å². The zero-order chi connectivity index (χ0) is 18.7. The first kappa shape index (κ1) is 17.8. The fourth-order valence-corrected chi connectivity index (χ4v) is 3.06. The average molecular weight is 354 g/mol. The second-order valence-electron chi connectivity index (χ2n) is 6.31. The molecule has 0 bridgehead atoms. The van der Waals surface area contributed by atoms with Crippen molar-refractivity contribution < 1.29 is 19.4 Å². The normalized spacial score (nSPS) is 17.2. The van der Waals surface area contributed by atoms with Gasteiger partial charge in [-0.25, -0.2) is 4.79 Å². The first-order chi connectivity index (χ1) is 12.5. The fourth-order valence-electron chi connectivity index (χ4n) is 3.06. The van der Waals surface area contributed by atoms with E-state index in [2.05, 4.69) is 12.2 Å². The van der Waals surface area contributed by atoms with Gasteiger partial charge in [0.25, 0.3) is 5.91 Å². The third-order valence-electron chi connectivity index (χ3n) is 4.59. The van der Waals surface area contributed by atoms with Crippen LogP contribution in [0, 0.1) is 0 Å². The number of hydrogen-bond acceptors (Lipinski definition) is 4. The van der Waals surface area contributed by atoms with Gasteiger partial charge in [-0.3, -0.25) is 4.79 Å². The Morgan fingerprint density at radius 2 is 1.92 bits per heavy atom. The van der Waals surface area contributed by atoms with E-state index in [1.54, 1.807) is 12.1 Å². The third kappa shape index (κ3) is 3.49. The highest BCUT2D eigenvalue weighted by molar-refractivity contribution is 6.01. The number of amides is 1. The SMILES string of the molecule is CC[C@@H](C)N1C(=O)c2ccccc2N[C@H]1c1ccc(OCC(=O)O)cc1. The number of para-hydroxylation sites is 1. The van der Waals surface area contributed by atoms with E-state index in [0.717, 1.165) is 17.7 Å². The predicted molar refractivity (Wildman–Crippen MR) is 98.3 cm³/mol. The van der Waals surface area contributed by atoms with Crippen molar-refractivity contribution in [3.63, 3.8) is 0 Å². The van der Waals surface area contributed by atoms with Gasteiger partial charge >= 0.3 is 5.97 Å². The summed E-state index contributed by atoms with van der Waals surface area (Å²) in [5.74, 6) is -0.535. The Morgan fingerprint density at radius 1 is 1.23 bits per heavy atom. The van der Waals surface area contributed by atoms with Crippen molar-refractivity contribution in [2.75, 3.05) is 11.9 Å². The maximum atomic E-state index is 13.0. The number of carboxylic acids is 1. The Morgan fingerprint density at radius 3 is 2.58 bits per heavy atom. The predicted octanol–water partition coefficient (Wildman–Crippen LogP) is 3.52. The summed E-state index contributed by atoms with van der Waals surface area (Å²) in [6.45, 7) is 3.70. The fraction of sp³-hybridized carbons (Fsp3) is 0.300. The number of nitrogens with one attached hydrogen (secondary N) is 1. The van der Waals surface area contributed by atoms with Crippen molar-refractivity contribution in [1.29, 1.82) is 0 Å². The Bertz CT molecular complexity index is 804. The van der Waals surface area contributed by atoms with Crippen molar-refractivity contribution in [3.8, 4) is 5.75 Å². The molecule has 0 spiro atoms. The lowest BCUT2D eigenvalue weighted by Crippen LogP contribution is -2.47. The van der Waals surface area contributed by atoms with Crippen molar-refractivity contribution in [2.24, 2.45) is 0 Å². The first-order valence-corrected chi connectivity index (χ1v) is 8.64. The number of rotatable bonds is 6. The van der Waals surface area contributed by atoms with E-state index < -0.39 is 5.97 Å². The maximum absolute atomic E-state index is 13.0. The first-order valence-electron chi connectivity index (χ1n) is 8.64. The van der Waals surface area contributed by atoms with Crippen LogP contribution in [0.2, 0.25) is 0 Å². The molecule has 26 heavy (non-hydrogen) atoms. The van der Waals surface area contributed by atoms with Crippen LogP contribution in [-0.2, 0) is 4.79 Å². The number of anilines is 1. The van der Waals surface area contributed by atoms with Gasteiger partial charge in [0, 0.05) is 11.7 Å². The maximum Gasteiger partial charge on any atom is 0.341 e. The quantitative estimate of drug-likeness (QED) is 0.830. The molecule has 0 aromatic heterocycles. The van der Waals surface area contributed by atoms with E-state index in [1.165, 1.54) is 0 Å². The molecule has 1 amide bonds. The number of carboxylic acid groups (broad SMARTS) is 1. The van der Waals surface area contributed by atoms with Crippen LogP contribution in [-0.4, -0.2) is 34.5 Å². The molecular weight excluding hydrogens is 332 g/mol. The van der Waals surface area contributed by atoms with Crippen molar-refractivity contribution >= 4 is 17.6 Å². The molecular formula is C20H22N2O4. The lowest BCUT2D eigenvalue weighted by molar-refractivity contribution is -0.139. The molecule has 0 radical (unpaired) electrons. The smallest absolute Gasteiger partial charge is 0.341 e. The lowest BCUT2D eigenvalue weighted by atomic mass is 10.0. The standard InChI is InChI=1S/C20H22N2O4/c1-3-13(2)22-19(21-17-7-5-4-6-16(17)20(22)25)14-8-10-15(11-9-14)26-12-18(23)24/h4-11,13,19,21H,3,12H2,1-2H3,(H,23,24)/t13-,19-/m1/s1. The van der Waals surface area contributed by atoms with Crippen LogP contribution < -0.4 is 10.1 Å². The Labute approximate surface area is 152 Å². The van der Waals surface area contributed by atoms with Gasteiger partial charge in [-0.2, -0.15) is 0 Å². The topological polar surface area (TPSA) is 78.9 Å². The summed E-state index contributed by atoms with van der Waals surface area (Å²) in [6, 6.07) is 14.7. The third-order valence-corrected chi connectivity index (χ3v) is 4.59. The molecule has 1 aliphatic rings. The zero-order valence-electron chi connectivity index (χ0n) is 14.8. The molecule has 6 heteroatoms. The van der Waals surface area contributed by atoms with Crippen LogP contribution in [0.3, 0.4) is 0 Å². The number of fused-ring (bicyclic) bond motifs is 1. The molecule has 2 aromatic carbocycles. The molecule has 0 saturated carbocycles. The monoisotopic (exact) mass is 354 g/mol. The molecule has 6 nitrogen and oxygen atoms in total. The highest BCUT2D eigenvalue weighted by atomic mass is 16.5. The van der Waals surface area contributed by atoms with Crippen molar-refractivity contribution in [2.45, 2.75) is 32.5 Å². The number of aliphatic carboxylic acids is 1. The Balaban J connectivity index is 1.91. The molecule has 2 N–H and O–H groups in total. The van der Waals surface area contributed by atoms with Crippen LogP contribution in [0.15, 0.2) is 48.5 Å². The minimum absolute atomic E-state index is 0.00454. The zero-order valence-corrected chi connectivity index (χ0v) is 14.8. The number of carbonyl (C=O) groups is 2. The second-order valence-corrected chi connectivity index (χ2v) is 6.31. The molecule has 0 fully saturated rings. The summed E-state index contributed by atoms with van der Waals surface area (Å²) in [7, 11) is 0. The number of hydrogen-bond donors (Lipinski definition) is 2. The summed E-state index contributed by atoms with van der Waals surface area (Å²) < 4.78 is 5.18. The van der Waals surface area contributed by atoms with Crippen molar-refractivity contribution in [1.82, 2.24) is 4.90 Å². The van der Waals surface area contributed by atoms with Crippen LogP contribution in [0.25, 0.3) is 0 Å². The summed E-state index contributed by atoms with van der Waals surface area (Å²) in [6.07, 6.45) is 0.548. The van der Waals surface area contributed by atoms with Crippen LogP contribution >= 0.6 is 0 Å². The van der Waals surface area contributed by atoms with Gasteiger partial charge in [-0.1, -0.05) is 31.2 Å². The second kappa shape index (κ2) is 7.47. The van der Waals surface area contributed by atoms with E-state index in [4.69, 9.17) is 9.84 Å². The molecule has 1 aliphatic heterocycles. The minimum Gasteiger partial charge on any atom is -0.482 e. The van der Waals surface area contributed by atoms with Gasteiger partial charge in [0.1, 0.15) is 11.9 Å². The van der Waals surface area contributed by atoms with Gasteiger partial charge in [0.15, 0.2) is 6.61 Å². The summed E-state index contributed by atoms with van der Waals surface area (Å²) in [4.78, 5) is 25.5. The molecule has 3 rings (SSSR count). The van der Waals surface area contributed by atoms with E-state index in [9.17, 15) is 9.59 Å².